The van der Waals surface area contributed by atoms with Crippen LogP contribution in [0.25, 0.3) is 11.1 Å². The standard InChI is InChI=1S/C10H11NO3/c1-5-6(2)14-8-4-7(10(12)13-3)11-9(5)8/h4,11H,1-3H3. The lowest BCUT2D eigenvalue weighted by Gasteiger charge is -1.93. The van der Waals surface area contributed by atoms with Crippen LogP contribution in [0.3, 0.4) is 0 Å². The van der Waals surface area contributed by atoms with Crippen molar-refractivity contribution in [2.45, 2.75) is 13.8 Å². The minimum absolute atomic E-state index is 0.381. The number of nitrogens with one attached hydrogen (secondary N) is 1. The van der Waals surface area contributed by atoms with Gasteiger partial charge in [-0.25, -0.2) is 4.79 Å². The van der Waals surface area contributed by atoms with Crippen LogP contribution in [0.2, 0.25) is 0 Å². The zero-order valence-corrected chi connectivity index (χ0v) is 8.30. The summed E-state index contributed by atoms with van der Waals surface area (Å²) in [6, 6.07) is 1.65. The second-order valence-corrected chi connectivity index (χ2v) is 3.20. The average Bonchev–Trinajstić information content (AvgIpc) is 2.68. The quantitative estimate of drug-likeness (QED) is 0.706. The van der Waals surface area contributed by atoms with Gasteiger partial charge in [0.05, 0.1) is 12.6 Å². The summed E-state index contributed by atoms with van der Waals surface area (Å²) in [7, 11) is 1.35. The Bertz CT molecular complexity index is 493. The van der Waals surface area contributed by atoms with E-state index in [9.17, 15) is 4.79 Å². The lowest BCUT2D eigenvalue weighted by atomic mass is 10.3. The second kappa shape index (κ2) is 2.90. The summed E-state index contributed by atoms with van der Waals surface area (Å²) in [5.41, 5.74) is 3.00. The molecule has 2 heterocycles. The number of hydrogen-bond donors (Lipinski definition) is 1. The van der Waals surface area contributed by atoms with Gasteiger partial charge in [-0.1, -0.05) is 0 Å². The molecule has 0 radical (unpaired) electrons. The van der Waals surface area contributed by atoms with Crippen LogP contribution in [-0.4, -0.2) is 18.1 Å². The molecule has 0 spiro atoms. The van der Waals surface area contributed by atoms with Crippen LogP contribution in [0, 0.1) is 13.8 Å². The zero-order chi connectivity index (χ0) is 10.3. The van der Waals surface area contributed by atoms with E-state index in [2.05, 4.69) is 9.72 Å². The Morgan fingerprint density at radius 3 is 2.79 bits per heavy atom. The SMILES string of the molecule is COC(=O)c1cc2oc(C)c(C)c2[nH]1. The maximum atomic E-state index is 11.2. The Morgan fingerprint density at radius 2 is 2.21 bits per heavy atom. The van der Waals surface area contributed by atoms with Crippen molar-refractivity contribution >= 4 is 17.1 Å². The van der Waals surface area contributed by atoms with Gasteiger partial charge in [0, 0.05) is 11.6 Å². The molecule has 0 aliphatic carbocycles. The number of carbonyl (C=O) groups is 1. The highest BCUT2D eigenvalue weighted by molar-refractivity contribution is 5.94. The zero-order valence-electron chi connectivity index (χ0n) is 8.30. The molecule has 0 saturated heterocycles. The maximum absolute atomic E-state index is 11.2. The number of fused-ring (bicyclic) bond motifs is 1. The normalized spacial score (nSPS) is 10.8. The predicted octanol–water partition coefficient (Wildman–Crippen LogP) is 2.16. The molecule has 0 amide bonds. The predicted molar refractivity (Wildman–Crippen MR) is 51.4 cm³/mol. The molecular weight excluding hydrogens is 182 g/mol. The smallest absolute Gasteiger partial charge is 0.354 e. The lowest BCUT2D eigenvalue weighted by Crippen LogP contribution is -2.00. The molecule has 0 bridgehead atoms. The van der Waals surface area contributed by atoms with Crippen molar-refractivity contribution < 1.29 is 13.9 Å². The van der Waals surface area contributed by atoms with Crippen molar-refractivity contribution in [1.82, 2.24) is 4.98 Å². The van der Waals surface area contributed by atoms with Crippen molar-refractivity contribution in [2.24, 2.45) is 0 Å². The molecule has 0 unspecified atom stereocenters. The van der Waals surface area contributed by atoms with Crippen LogP contribution < -0.4 is 0 Å². The maximum Gasteiger partial charge on any atom is 0.354 e. The molecule has 0 saturated carbocycles. The fraction of sp³-hybridized carbons (Fsp3) is 0.300. The number of aromatic nitrogens is 1. The molecule has 0 fully saturated rings. The van der Waals surface area contributed by atoms with Gasteiger partial charge in [-0.2, -0.15) is 0 Å². The number of ether oxygens (including phenoxy) is 1. The number of hydrogen-bond acceptors (Lipinski definition) is 3. The van der Waals surface area contributed by atoms with Gasteiger partial charge in [0.1, 0.15) is 11.5 Å². The number of furan rings is 1. The van der Waals surface area contributed by atoms with Crippen LogP contribution in [0.5, 0.6) is 0 Å². The minimum Gasteiger partial charge on any atom is -0.464 e. The van der Waals surface area contributed by atoms with Crippen LogP contribution in [-0.2, 0) is 4.74 Å². The number of methoxy groups -OCH3 is 1. The van der Waals surface area contributed by atoms with E-state index in [-0.39, 0.29) is 5.97 Å². The Morgan fingerprint density at radius 1 is 1.50 bits per heavy atom. The number of esters is 1. The van der Waals surface area contributed by atoms with Crippen LogP contribution in [0.1, 0.15) is 21.8 Å². The Kier molecular flexibility index (Phi) is 1.84. The molecule has 74 valence electrons. The number of aromatic amines is 1. The van der Waals surface area contributed by atoms with Crippen LogP contribution >= 0.6 is 0 Å². The van der Waals surface area contributed by atoms with Gasteiger partial charge in [-0.15, -0.1) is 0 Å². The number of H-pyrrole nitrogens is 1. The molecule has 4 nitrogen and oxygen atoms in total. The van der Waals surface area contributed by atoms with Gasteiger partial charge >= 0.3 is 5.97 Å². The molecule has 0 aromatic carbocycles. The molecule has 0 aliphatic rings. The van der Waals surface area contributed by atoms with E-state index in [0.717, 1.165) is 16.8 Å². The summed E-state index contributed by atoms with van der Waals surface area (Å²) in [5.74, 6) is 0.483. The first kappa shape index (κ1) is 8.87. The topological polar surface area (TPSA) is 55.2 Å². The fourth-order valence-corrected chi connectivity index (χ4v) is 1.43. The van der Waals surface area contributed by atoms with E-state index in [0.29, 0.717) is 11.3 Å². The van der Waals surface area contributed by atoms with Gasteiger partial charge in [0.15, 0.2) is 5.58 Å². The first-order valence-electron chi connectivity index (χ1n) is 4.30. The molecule has 2 aromatic heterocycles. The third kappa shape index (κ3) is 1.11. The van der Waals surface area contributed by atoms with Crippen LogP contribution in [0.4, 0.5) is 0 Å². The molecule has 1 N–H and O–H groups in total. The van der Waals surface area contributed by atoms with E-state index < -0.39 is 0 Å². The summed E-state index contributed by atoms with van der Waals surface area (Å²) < 4.78 is 10.0. The fourth-order valence-electron chi connectivity index (χ4n) is 1.43. The van der Waals surface area contributed by atoms with Crippen LogP contribution in [0.15, 0.2) is 10.5 Å². The Hall–Kier alpha value is -1.71. The summed E-state index contributed by atoms with van der Waals surface area (Å²) >= 11 is 0. The highest BCUT2D eigenvalue weighted by Crippen LogP contribution is 2.24. The summed E-state index contributed by atoms with van der Waals surface area (Å²) in [6.45, 7) is 3.83. The summed E-state index contributed by atoms with van der Waals surface area (Å²) in [6.07, 6.45) is 0. The molecular formula is C10H11NO3. The number of rotatable bonds is 1. The van der Waals surface area contributed by atoms with Crippen molar-refractivity contribution in [3.8, 4) is 0 Å². The number of aryl methyl sites for hydroxylation is 2. The highest BCUT2D eigenvalue weighted by atomic mass is 16.5. The van der Waals surface area contributed by atoms with E-state index in [1.165, 1.54) is 7.11 Å². The van der Waals surface area contributed by atoms with Crippen molar-refractivity contribution in [2.75, 3.05) is 7.11 Å². The van der Waals surface area contributed by atoms with E-state index in [4.69, 9.17) is 4.42 Å². The molecule has 0 atom stereocenters. The van der Waals surface area contributed by atoms with Gasteiger partial charge in [0.2, 0.25) is 0 Å². The lowest BCUT2D eigenvalue weighted by molar-refractivity contribution is 0.0595. The third-order valence-electron chi connectivity index (χ3n) is 2.35. The second-order valence-electron chi connectivity index (χ2n) is 3.20. The highest BCUT2D eigenvalue weighted by Gasteiger charge is 2.14. The van der Waals surface area contributed by atoms with E-state index in [1.54, 1.807) is 6.07 Å². The Balaban J connectivity index is 2.59. The summed E-state index contributed by atoms with van der Waals surface area (Å²) in [4.78, 5) is 14.1. The van der Waals surface area contributed by atoms with Crippen molar-refractivity contribution in [3.05, 3.63) is 23.1 Å². The minimum atomic E-state index is -0.381. The Labute approximate surface area is 80.9 Å². The average molecular weight is 193 g/mol. The summed E-state index contributed by atoms with van der Waals surface area (Å²) in [5, 5.41) is 0. The third-order valence-corrected chi connectivity index (χ3v) is 2.35. The van der Waals surface area contributed by atoms with Crippen molar-refractivity contribution in [1.29, 1.82) is 0 Å². The first-order valence-corrected chi connectivity index (χ1v) is 4.30. The van der Waals surface area contributed by atoms with E-state index >= 15 is 0 Å². The number of carbonyl (C=O) groups excluding carboxylic acids is 1. The molecule has 2 rings (SSSR count). The van der Waals surface area contributed by atoms with Gasteiger partial charge in [0.25, 0.3) is 0 Å². The first-order chi connectivity index (χ1) is 6.63. The van der Waals surface area contributed by atoms with Gasteiger partial charge < -0.3 is 14.1 Å². The van der Waals surface area contributed by atoms with Gasteiger partial charge in [-0.3, -0.25) is 0 Å². The monoisotopic (exact) mass is 193 g/mol. The molecule has 14 heavy (non-hydrogen) atoms. The molecule has 4 heteroatoms. The largest absolute Gasteiger partial charge is 0.464 e. The molecule has 0 aliphatic heterocycles. The molecule has 2 aromatic rings. The van der Waals surface area contributed by atoms with Gasteiger partial charge in [-0.05, 0) is 13.8 Å². The van der Waals surface area contributed by atoms with E-state index in [1.807, 2.05) is 13.8 Å². The van der Waals surface area contributed by atoms with Crippen molar-refractivity contribution in [3.63, 3.8) is 0 Å².